The van der Waals surface area contributed by atoms with Crippen LogP contribution in [0.15, 0.2) is 0 Å². The van der Waals surface area contributed by atoms with Crippen molar-refractivity contribution in [3.63, 3.8) is 0 Å². The predicted octanol–water partition coefficient (Wildman–Crippen LogP) is -3.02. The second-order valence-corrected chi connectivity index (χ2v) is 6.39. The van der Waals surface area contributed by atoms with E-state index < -0.39 is 61.2 Å². The number of methoxy groups -OCH3 is 2. The Balaban J connectivity index is 2.06. The SMILES string of the molecule is COCC1O[C@@H](OC2[C@H](C)OC(COC)[C@@H](O)[C@@H]2O)C(O)[C@@H](O)[C@@H]1O. The van der Waals surface area contributed by atoms with Crippen molar-refractivity contribution >= 4 is 0 Å². The second-order valence-electron chi connectivity index (χ2n) is 6.39. The van der Waals surface area contributed by atoms with E-state index in [-0.39, 0.29) is 13.2 Å². The Morgan fingerprint density at radius 1 is 0.720 bits per heavy atom. The molecule has 5 N–H and O–H groups in total. The van der Waals surface area contributed by atoms with Crippen molar-refractivity contribution in [1.29, 1.82) is 0 Å². The zero-order valence-corrected chi connectivity index (χ0v) is 14.5. The van der Waals surface area contributed by atoms with Gasteiger partial charge in [-0.3, -0.25) is 0 Å². The highest BCUT2D eigenvalue weighted by Gasteiger charge is 2.49. The summed E-state index contributed by atoms with van der Waals surface area (Å²) in [5.41, 5.74) is 0. The molecule has 0 bridgehead atoms. The van der Waals surface area contributed by atoms with Gasteiger partial charge < -0.3 is 49.2 Å². The van der Waals surface area contributed by atoms with Crippen LogP contribution in [0.4, 0.5) is 0 Å². The molecule has 2 saturated heterocycles. The third kappa shape index (κ3) is 4.48. The highest BCUT2D eigenvalue weighted by Crippen LogP contribution is 2.29. The minimum Gasteiger partial charge on any atom is -0.388 e. The van der Waals surface area contributed by atoms with Crippen molar-refractivity contribution in [1.82, 2.24) is 0 Å². The first-order valence-electron chi connectivity index (χ1n) is 8.16. The Morgan fingerprint density at radius 2 is 1.24 bits per heavy atom. The van der Waals surface area contributed by atoms with E-state index in [0.717, 1.165) is 0 Å². The number of rotatable bonds is 6. The number of hydrogen-bond donors (Lipinski definition) is 5. The smallest absolute Gasteiger partial charge is 0.187 e. The van der Waals surface area contributed by atoms with Gasteiger partial charge in [0.1, 0.15) is 48.8 Å². The van der Waals surface area contributed by atoms with Crippen molar-refractivity contribution in [2.24, 2.45) is 0 Å². The molecule has 0 amide bonds. The fraction of sp³-hybridized carbons (Fsp3) is 1.00. The molecule has 0 aliphatic carbocycles. The maximum Gasteiger partial charge on any atom is 0.187 e. The second kappa shape index (κ2) is 9.00. The molecule has 2 rings (SSSR count). The summed E-state index contributed by atoms with van der Waals surface area (Å²) in [7, 11) is 2.85. The molecule has 0 spiro atoms. The van der Waals surface area contributed by atoms with Crippen molar-refractivity contribution in [3.8, 4) is 0 Å². The van der Waals surface area contributed by atoms with Gasteiger partial charge in [0.05, 0.1) is 19.3 Å². The van der Waals surface area contributed by atoms with E-state index in [4.69, 9.17) is 23.7 Å². The molecule has 0 aromatic heterocycles. The summed E-state index contributed by atoms with van der Waals surface area (Å²) in [5, 5.41) is 50.4. The molecule has 2 aliphatic rings. The van der Waals surface area contributed by atoms with Crippen LogP contribution in [0.1, 0.15) is 6.92 Å². The normalized spacial score (nSPS) is 48.5. The van der Waals surface area contributed by atoms with E-state index >= 15 is 0 Å². The van der Waals surface area contributed by atoms with Crippen LogP contribution in [0.25, 0.3) is 0 Å². The maximum absolute atomic E-state index is 10.3. The summed E-state index contributed by atoms with van der Waals surface area (Å²) < 4.78 is 26.5. The van der Waals surface area contributed by atoms with Crippen molar-refractivity contribution in [2.45, 2.75) is 68.1 Å². The topological polar surface area (TPSA) is 147 Å². The zero-order chi connectivity index (χ0) is 18.7. The monoisotopic (exact) mass is 368 g/mol. The van der Waals surface area contributed by atoms with Gasteiger partial charge in [-0.15, -0.1) is 0 Å². The molecule has 10 atom stereocenters. The average molecular weight is 368 g/mol. The van der Waals surface area contributed by atoms with Gasteiger partial charge in [-0.25, -0.2) is 0 Å². The maximum atomic E-state index is 10.3. The lowest BCUT2D eigenvalue weighted by Gasteiger charge is -2.45. The molecule has 0 aromatic carbocycles. The third-order valence-corrected chi connectivity index (χ3v) is 4.54. The van der Waals surface area contributed by atoms with Gasteiger partial charge in [-0.2, -0.15) is 0 Å². The summed E-state index contributed by atoms with van der Waals surface area (Å²) >= 11 is 0. The van der Waals surface area contributed by atoms with Crippen molar-refractivity contribution in [2.75, 3.05) is 27.4 Å². The van der Waals surface area contributed by atoms with Gasteiger partial charge in [-0.1, -0.05) is 0 Å². The Morgan fingerprint density at radius 3 is 1.80 bits per heavy atom. The molecular weight excluding hydrogens is 340 g/mol. The molecule has 148 valence electrons. The largest absolute Gasteiger partial charge is 0.388 e. The van der Waals surface area contributed by atoms with E-state index in [0.29, 0.717) is 0 Å². The first kappa shape index (κ1) is 20.9. The lowest BCUT2D eigenvalue weighted by atomic mass is 9.95. The molecule has 0 saturated carbocycles. The molecule has 10 nitrogen and oxygen atoms in total. The fourth-order valence-electron chi connectivity index (χ4n) is 3.10. The Bertz CT molecular complexity index is 410. The van der Waals surface area contributed by atoms with Crippen LogP contribution < -0.4 is 0 Å². The van der Waals surface area contributed by atoms with Crippen LogP contribution in [0.3, 0.4) is 0 Å². The summed E-state index contributed by atoms with van der Waals surface area (Å²) in [6, 6.07) is 0. The Hall–Kier alpha value is -0.400. The highest BCUT2D eigenvalue weighted by atomic mass is 16.7. The molecule has 4 unspecified atom stereocenters. The van der Waals surface area contributed by atoms with Crippen LogP contribution in [0, 0.1) is 0 Å². The molecule has 2 fully saturated rings. The Kier molecular flexibility index (Phi) is 7.52. The molecule has 2 aliphatic heterocycles. The summed E-state index contributed by atoms with van der Waals surface area (Å²) in [5.74, 6) is 0. The first-order valence-corrected chi connectivity index (χ1v) is 8.16. The average Bonchev–Trinajstić information content (AvgIpc) is 2.58. The van der Waals surface area contributed by atoms with E-state index in [1.807, 2.05) is 0 Å². The molecule has 0 aromatic rings. The van der Waals surface area contributed by atoms with Gasteiger partial charge >= 0.3 is 0 Å². The summed E-state index contributed by atoms with van der Waals surface area (Å²) in [6.07, 6.45) is -11.6. The van der Waals surface area contributed by atoms with Crippen LogP contribution in [0.2, 0.25) is 0 Å². The minimum atomic E-state index is -1.55. The minimum absolute atomic E-state index is 0.0252. The molecular formula is C15H28O10. The molecule has 25 heavy (non-hydrogen) atoms. The van der Waals surface area contributed by atoms with Crippen LogP contribution in [-0.2, 0) is 23.7 Å². The van der Waals surface area contributed by atoms with Gasteiger partial charge in [0.2, 0.25) is 0 Å². The summed E-state index contributed by atoms with van der Waals surface area (Å²) in [4.78, 5) is 0. The van der Waals surface area contributed by atoms with Crippen LogP contribution in [-0.4, -0.2) is 114 Å². The number of ether oxygens (including phenoxy) is 5. The standard InChI is InChI=1S/C15H28O10/c1-6-14(12(19)10(17)7(23-6)4-21-2)25-15-13(20)11(18)9(16)8(24-15)5-22-3/h6-20H,4-5H2,1-3H3/t6-,7?,8?,9+,10+,11-,12-,13?,14?,15-/m0/s1. The van der Waals surface area contributed by atoms with E-state index in [2.05, 4.69) is 0 Å². The first-order chi connectivity index (χ1) is 11.8. The number of hydrogen-bond acceptors (Lipinski definition) is 10. The van der Waals surface area contributed by atoms with Gasteiger partial charge in [0.15, 0.2) is 6.29 Å². The van der Waals surface area contributed by atoms with E-state index in [9.17, 15) is 25.5 Å². The molecule has 2 heterocycles. The predicted molar refractivity (Wildman–Crippen MR) is 81.7 cm³/mol. The van der Waals surface area contributed by atoms with E-state index in [1.54, 1.807) is 6.92 Å². The lowest BCUT2D eigenvalue weighted by molar-refractivity contribution is -0.340. The van der Waals surface area contributed by atoms with Gasteiger partial charge in [-0.05, 0) is 6.92 Å². The number of aliphatic hydroxyl groups is 5. The fourth-order valence-corrected chi connectivity index (χ4v) is 3.10. The van der Waals surface area contributed by atoms with Crippen molar-refractivity contribution in [3.05, 3.63) is 0 Å². The van der Waals surface area contributed by atoms with Crippen LogP contribution in [0.5, 0.6) is 0 Å². The van der Waals surface area contributed by atoms with Crippen LogP contribution >= 0.6 is 0 Å². The van der Waals surface area contributed by atoms with E-state index in [1.165, 1.54) is 14.2 Å². The highest BCUT2D eigenvalue weighted by molar-refractivity contribution is 4.94. The lowest BCUT2D eigenvalue weighted by Crippen LogP contribution is -2.64. The molecule has 0 radical (unpaired) electrons. The quantitative estimate of drug-likeness (QED) is 0.328. The van der Waals surface area contributed by atoms with Gasteiger partial charge in [0.25, 0.3) is 0 Å². The van der Waals surface area contributed by atoms with Gasteiger partial charge in [0, 0.05) is 14.2 Å². The Labute approximate surface area is 145 Å². The summed E-state index contributed by atoms with van der Waals surface area (Å²) in [6.45, 7) is 1.71. The molecule has 10 heteroatoms. The number of aliphatic hydroxyl groups excluding tert-OH is 5. The zero-order valence-electron chi connectivity index (χ0n) is 14.5. The third-order valence-electron chi connectivity index (χ3n) is 4.54. The van der Waals surface area contributed by atoms with Crippen molar-refractivity contribution < 1.29 is 49.2 Å².